The summed E-state index contributed by atoms with van der Waals surface area (Å²) in [5, 5.41) is 3.11. The van der Waals surface area contributed by atoms with Gasteiger partial charge in [-0.25, -0.2) is 4.98 Å². The number of nitrogens with one attached hydrogen (secondary N) is 1. The lowest BCUT2D eigenvalue weighted by molar-refractivity contribution is -0.120. The van der Waals surface area contributed by atoms with Crippen LogP contribution in [0.1, 0.15) is 22.8 Å². The van der Waals surface area contributed by atoms with Crippen molar-refractivity contribution in [1.29, 1.82) is 0 Å². The van der Waals surface area contributed by atoms with E-state index < -0.39 is 6.04 Å². The highest BCUT2D eigenvalue weighted by Crippen LogP contribution is 2.26. The molecule has 0 saturated heterocycles. The van der Waals surface area contributed by atoms with Crippen LogP contribution in [-0.4, -0.2) is 27.7 Å². The number of rotatable bonds is 3. The lowest BCUT2D eigenvalue weighted by Crippen LogP contribution is -2.42. The highest BCUT2D eigenvalue weighted by Gasteiger charge is 2.33. The number of nitrogens with zero attached hydrogens (tertiary/aromatic N) is 2. The largest absolute Gasteiger partial charge is 0.323 e. The first kappa shape index (κ1) is 14.0. The predicted molar refractivity (Wildman–Crippen MR) is 81.5 cm³/mol. The summed E-state index contributed by atoms with van der Waals surface area (Å²) in [5.41, 5.74) is 1.61. The first-order valence-corrected chi connectivity index (χ1v) is 7.57. The van der Waals surface area contributed by atoms with Crippen molar-refractivity contribution in [3.63, 3.8) is 0 Å². The lowest BCUT2D eigenvalue weighted by Gasteiger charge is -2.22. The van der Waals surface area contributed by atoms with Crippen LogP contribution in [0.3, 0.4) is 0 Å². The number of thiazole rings is 1. The highest BCUT2D eigenvalue weighted by molar-refractivity contribution is 7.19. The standard InChI is InChI=1S/C14H12ClN3O2S/c1-8(12(19)17-14-16-6-11(15)21-14)18-7-9-4-2-3-5-10(9)13(18)20/h2-6,8H,7H2,1H3,(H,16,17,19). The number of aromatic nitrogens is 1. The number of halogens is 1. The number of benzene rings is 1. The van der Waals surface area contributed by atoms with Crippen LogP contribution in [0.2, 0.25) is 4.34 Å². The van der Waals surface area contributed by atoms with Gasteiger partial charge in [-0.3, -0.25) is 9.59 Å². The summed E-state index contributed by atoms with van der Waals surface area (Å²) >= 11 is 6.96. The van der Waals surface area contributed by atoms with E-state index in [4.69, 9.17) is 11.6 Å². The number of anilines is 1. The van der Waals surface area contributed by atoms with Crippen LogP contribution in [-0.2, 0) is 11.3 Å². The first-order valence-electron chi connectivity index (χ1n) is 6.37. The maximum absolute atomic E-state index is 12.3. The van der Waals surface area contributed by atoms with Gasteiger partial charge in [-0.1, -0.05) is 41.1 Å². The number of fused-ring (bicyclic) bond motifs is 1. The molecule has 1 N–H and O–H groups in total. The van der Waals surface area contributed by atoms with Gasteiger partial charge in [-0.05, 0) is 18.6 Å². The van der Waals surface area contributed by atoms with E-state index in [-0.39, 0.29) is 11.8 Å². The summed E-state index contributed by atoms with van der Waals surface area (Å²) in [6, 6.07) is 6.81. The van der Waals surface area contributed by atoms with E-state index in [0.29, 0.717) is 21.6 Å². The van der Waals surface area contributed by atoms with Gasteiger partial charge >= 0.3 is 0 Å². The van der Waals surface area contributed by atoms with Crippen molar-refractivity contribution >= 4 is 39.9 Å². The molecular weight excluding hydrogens is 310 g/mol. The molecular formula is C14H12ClN3O2S. The average molecular weight is 322 g/mol. The van der Waals surface area contributed by atoms with Crippen molar-refractivity contribution in [2.24, 2.45) is 0 Å². The molecule has 1 aromatic carbocycles. The fourth-order valence-electron chi connectivity index (χ4n) is 2.25. The Hall–Kier alpha value is -1.92. The zero-order chi connectivity index (χ0) is 15.0. The lowest BCUT2D eigenvalue weighted by atomic mass is 10.1. The van der Waals surface area contributed by atoms with Gasteiger partial charge in [0.25, 0.3) is 5.91 Å². The molecule has 1 aromatic heterocycles. The summed E-state index contributed by atoms with van der Waals surface area (Å²) in [7, 11) is 0. The zero-order valence-corrected chi connectivity index (χ0v) is 12.7. The van der Waals surface area contributed by atoms with E-state index in [1.54, 1.807) is 17.9 Å². The summed E-state index contributed by atoms with van der Waals surface area (Å²) in [4.78, 5) is 30.1. The number of hydrogen-bond donors (Lipinski definition) is 1. The van der Waals surface area contributed by atoms with Crippen LogP contribution < -0.4 is 5.32 Å². The first-order chi connectivity index (χ1) is 10.1. The summed E-state index contributed by atoms with van der Waals surface area (Å²) in [6.45, 7) is 2.15. The van der Waals surface area contributed by atoms with E-state index in [2.05, 4.69) is 10.3 Å². The van der Waals surface area contributed by atoms with Crippen LogP contribution in [0.15, 0.2) is 30.5 Å². The molecule has 2 heterocycles. The summed E-state index contributed by atoms with van der Waals surface area (Å²) < 4.78 is 0.502. The van der Waals surface area contributed by atoms with Gasteiger partial charge in [-0.2, -0.15) is 0 Å². The molecule has 0 bridgehead atoms. The van der Waals surface area contributed by atoms with Crippen molar-refractivity contribution in [3.05, 3.63) is 45.9 Å². The Kier molecular flexibility index (Phi) is 3.65. The van der Waals surface area contributed by atoms with Gasteiger partial charge in [0, 0.05) is 12.1 Å². The van der Waals surface area contributed by atoms with Crippen LogP contribution in [0.25, 0.3) is 0 Å². The molecule has 1 aliphatic rings. The highest BCUT2D eigenvalue weighted by atomic mass is 35.5. The Bertz CT molecular complexity index is 716. The molecule has 1 unspecified atom stereocenters. The Morgan fingerprint density at radius 1 is 1.48 bits per heavy atom. The van der Waals surface area contributed by atoms with Gasteiger partial charge in [0.2, 0.25) is 5.91 Å². The maximum Gasteiger partial charge on any atom is 0.255 e. The average Bonchev–Trinajstić information content (AvgIpc) is 3.03. The van der Waals surface area contributed by atoms with E-state index in [9.17, 15) is 9.59 Å². The molecule has 0 radical (unpaired) electrons. The molecule has 0 fully saturated rings. The van der Waals surface area contributed by atoms with E-state index in [0.717, 1.165) is 5.56 Å². The molecule has 2 amide bonds. The molecule has 3 rings (SSSR count). The third kappa shape index (κ3) is 2.64. The minimum absolute atomic E-state index is 0.120. The van der Waals surface area contributed by atoms with Gasteiger partial charge in [0.15, 0.2) is 5.13 Å². The third-order valence-corrected chi connectivity index (χ3v) is 4.43. The number of amides is 2. The number of hydrogen-bond acceptors (Lipinski definition) is 4. The minimum atomic E-state index is -0.576. The van der Waals surface area contributed by atoms with Crippen molar-refractivity contribution < 1.29 is 9.59 Å². The number of carbonyl (C=O) groups excluding carboxylic acids is 2. The van der Waals surface area contributed by atoms with Gasteiger partial charge in [0.1, 0.15) is 10.4 Å². The second-order valence-corrected chi connectivity index (χ2v) is 6.39. The van der Waals surface area contributed by atoms with E-state index >= 15 is 0 Å². The Morgan fingerprint density at radius 3 is 2.90 bits per heavy atom. The second kappa shape index (κ2) is 5.46. The van der Waals surface area contributed by atoms with Crippen molar-refractivity contribution in [2.45, 2.75) is 19.5 Å². The molecule has 21 heavy (non-hydrogen) atoms. The van der Waals surface area contributed by atoms with Crippen LogP contribution in [0.4, 0.5) is 5.13 Å². The molecule has 2 aromatic rings. The fraction of sp³-hybridized carbons (Fsp3) is 0.214. The monoisotopic (exact) mass is 321 g/mol. The van der Waals surface area contributed by atoms with Crippen LogP contribution in [0.5, 0.6) is 0 Å². The van der Waals surface area contributed by atoms with Crippen molar-refractivity contribution in [1.82, 2.24) is 9.88 Å². The SMILES string of the molecule is CC(C(=O)Nc1ncc(Cl)s1)N1Cc2ccccc2C1=O. The van der Waals surface area contributed by atoms with Crippen molar-refractivity contribution in [2.75, 3.05) is 5.32 Å². The molecule has 5 nitrogen and oxygen atoms in total. The topological polar surface area (TPSA) is 62.3 Å². The van der Waals surface area contributed by atoms with Crippen LogP contribution in [0, 0.1) is 0 Å². The molecule has 108 valence electrons. The minimum Gasteiger partial charge on any atom is -0.323 e. The van der Waals surface area contributed by atoms with Gasteiger partial charge < -0.3 is 10.2 Å². The molecule has 1 atom stereocenters. The Morgan fingerprint density at radius 2 is 2.24 bits per heavy atom. The molecule has 0 spiro atoms. The third-order valence-electron chi connectivity index (χ3n) is 3.40. The van der Waals surface area contributed by atoms with Crippen LogP contribution >= 0.6 is 22.9 Å². The molecule has 0 aliphatic carbocycles. The second-order valence-electron chi connectivity index (χ2n) is 4.72. The van der Waals surface area contributed by atoms with Gasteiger partial charge in [-0.15, -0.1) is 0 Å². The fourth-order valence-corrected chi connectivity index (χ4v) is 3.07. The zero-order valence-electron chi connectivity index (χ0n) is 11.2. The molecule has 0 saturated carbocycles. The van der Waals surface area contributed by atoms with E-state index in [1.165, 1.54) is 17.5 Å². The van der Waals surface area contributed by atoms with E-state index in [1.807, 2.05) is 18.2 Å². The normalized spacial score (nSPS) is 15.0. The van der Waals surface area contributed by atoms with Crippen molar-refractivity contribution in [3.8, 4) is 0 Å². The maximum atomic E-state index is 12.3. The predicted octanol–water partition coefficient (Wildman–Crippen LogP) is 2.78. The Balaban J connectivity index is 1.73. The summed E-state index contributed by atoms with van der Waals surface area (Å²) in [5.74, 6) is -0.396. The smallest absolute Gasteiger partial charge is 0.255 e. The van der Waals surface area contributed by atoms with Gasteiger partial charge in [0.05, 0.1) is 6.20 Å². The molecule has 7 heteroatoms. The Labute approximate surface area is 130 Å². The summed E-state index contributed by atoms with van der Waals surface area (Å²) in [6.07, 6.45) is 1.48. The molecule has 1 aliphatic heterocycles. The number of carbonyl (C=O) groups is 2. The quantitative estimate of drug-likeness (QED) is 0.945.